The van der Waals surface area contributed by atoms with Crippen LogP contribution in [0, 0.1) is 0 Å². The molecule has 0 N–H and O–H groups in total. The molecule has 11 rings (SSSR count). The molecule has 5 nitrogen and oxygen atoms in total. The first-order valence-electron chi connectivity index (χ1n) is 17.0. The van der Waals surface area contributed by atoms with Crippen molar-refractivity contribution in [3.05, 3.63) is 164 Å². The predicted octanol–water partition coefficient (Wildman–Crippen LogP) is 11.8. The molecule has 51 heavy (non-hydrogen) atoms. The fourth-order valence-electron chi connectivity index (χ4n) is 7.71. The summed E-state index contributed by atoms with van der Waals surface area (Å²) in [4.78, 5) is 16.0. The minimum Gasteiger partial charge on any atom is -0.309 e. The largest absolute Gasteiger partial charge is 0.309 e. The SMILES string of the molecule is c1ccc(-n2c3ccccc3c3cc(-c4cc5c(cn4)sc4ncc(-c6ccc7c(c6)c6ccccc6n7-c6ccccc6)nc45)ccc32)cc1. The van der Waals surface area contributed by atoms with Gasteiger partial charge in [-0.3, -0.25) is 4.98 Å². The number of hydrogen-bond donors (Lipinski definition) is 0. The van der Waals surface area contributed by atoms with E-state index in [-0.39, 0.29) is 0 Å². The lowest BCUT2D eigenvalue weighted by Gasteiger charge is -2.08. The average molecular weight is 670 g/mol. The standard InChI is InChI=1S/C45H27N5S/c1-3-11-30(12-4-1)49-39-17-9-7-15-32(39)34-23-28(19-21-41(34)49)37-25-36-43(27-46-37)51-45-44(36)48-38(26-47-45)29-20-22-42-35(24-29)33-16-8-10-18-40(33)50(42)31-13-5-2-6-14-31/h1-27H. The molecule has 238 valence electrons. The van der Waals surface area contributed by atoms with E-state index in [1.54, 1.807) is 11.3 Å². The molecule has 0 aliphatic carbocycles. The maximum Gasteiger partial charge on any atom is 0.143 e. The minimum absolute atomic E-state index is 0.856. The fourth-order valence-corrected chi connectivity index (χ4v) is 8.65. The Balaban J connectivity index is 1.04. The van der Waals surface area contributed by atoms with E-state index in [2.05, 4.69) is 161 Å². The summed E-state index contributed by atoms with van der Waals surface area (Å²) < 4.78 is 5.75. The average Bonchev–Trinajstić information content (AvgIpc) is 3.85. The van der Waals surface area contributed by atoms with Crippen LogP contribution in [0.5, 0.6) is 0 Å². The number of pyridine rings is 1. The molecule has 11 aromatic rings. The zero-order chi connectivity index (χ0) is 33.5. The van der Waals surface area contributed by atoms with Crippen molar-refractivity contribution < 1.29 is 0 Å². The molecule has 0 saturated carbocycles. The summed E-state index contributed by atoms with van der Waals surface area (Å²) in [6.07, 6.45) is 3.88. The summed E-state index contributed by atoms with van der Waals surface area (Å²) in [5, 5.41) is 5.91. The number of hydrogen-bond acceptors (Lipinski definition) is 4. The van der Waals surface area contributed by atoms with Crippen LogP contribution in [0.15, 0.2) is 164 Å². The van der Waals surface area contributed by atoms with Gasteiger partial charge in [0.15, 0.2) is 0 Å². The molecule has 0 bridgehead atoms. The van der Waals surface area contributed by atoms with Gasteiger partial charge in [-0.2, -0.15) is 0 Å². The molecular formula is C45H27N5S. The zero-order valence-corrected chi connectivity index (χ0v) is 28.0. The van der Waals surface area contributed by atoms with E-state index >= 15 is 0 Å². The Morgan fingerprint density at radius 1 is 0.412 bits per heavy atom. The molecule has 0 aliphatic rings. The van der Waals surface area contributed by atoms with Gasteiger partial charge < -0.3 is 9.13 Å². The van der Waals surface area contributed by atoms with Crippen LogP contribution < -0.4 is 0 Å². The molecular weight excluding hydrogens is 643 g/mol. The summed E-state index contributed by atoms with van der Waals surface area (Å²) in [6, 6.07) is 53.8. The van der Waals surface area contributed by atoms with Crippen LogP contribution >= 0.6 is 11.3 Å². The second-order valence-corrected chi connectivity index (χ2v) is 13.9. The lowest BCUT2D eigenvalue weighted by Crippen LogP contribution is -1.93. The highest BCUT2D eigenvalue weighted by molar-refractivity contribution is 7.25. The van der Waals surface area contributed by atoms with Gasteiger partial charge in [-0.1, -0.05) is 84.9 Å². The lowest BCUT2D eigenvalue weighted by atomic mass is 10.1. The first-order valence-corrected chi connectivity index (χ1v) is 17.8. The van der Waals surface area contributed by atoms with Crippen molar-refractivity contribution in [3.63, 3.8) is 0 Å². The molecule has 0 aliphatic heterocycles. The maximum absolute atomic E-state index is 5.26. The third-order valence-corrected chi connectivity index (χ3v) is 11.1. The summed E-state index contributed by atoms with van der Waals surface area (Å²) in [6.45, 7) is 0. The van der Waals surface area contributed by atoms with E-state index in [0.29, 0.717) is 0 Å². The van der Waals surface area contributed by atoms with E-state index in [9.17, 15) is 0 Å². The second kappa shape index (κ2) is 10.9. The van der Waals surface area contributed by atoms with Crippen molar-refractivity contribution >= 4 is 75.4 Å². The highest BCUT2D eigenvalue weighted by Crippen LogP contribution is 2.39. The Labute approximate surface area is 296 Å². The van der Waals surface area contributed by atoms with Gasteiger partial charge in [-0.15, -0.1) is 11.3 Å². The summed E-state index contributed by atoms with van der Waals surface area (Å²) >= 11 is 1.64. The van der Waals surface area contributed by atoms with Crippen LogP contribution in [0.2, 0.25) is 0 Å². The van der Waals surface area contributed by atoms with E-state index in [4.69, 9.17) is 15.0 Å². The molecule has 0 fully saturated rings. The van der Waals surface area contributed by atoms with E-state index < -0.39 is 0 Å². The number of nitrogens with zero attached hydrogens (tertiary/aromatic N) is 5. The number of rotatable bonds is 4. The lowest BCUT2D eigenvalue weighted by molar-refractivity contribution is 1.18. The molecule has 6 heteroatoms. The maximum atomic E-state index is 5.26. The minimum atomic E-state index is 0.856. The van der Waals surface area contributed by atoms with Gasteiger partial charge in [-0.05, 0) is 66.7 Å². The predicted molar refractivity (Wildman–Crippen MR) is 212 cm³/mol. The van der Waals surface area contributed by atoms with Gasteiger partial charge >= 0.3 is 0 Å². The fraction of sp³-hybridized carbons (Fsp3) is 0. The van der Waals surface area contributed by atoms with Gasteiger partial charge in [0.2, 0.25) is 0 Å². The quantitative estimate of drug-likeness (QED) is 0.187. The van der Waals surface area contributed by atoms with Crippen LogP contribution in [-0.4, -0.2) is 24.1 Å². The molecule has 0 spiro atoms. The van der Waals surface area contributed by atoms with Crippen LogP contribution in [0.3, 0.4) is 0 Å². The molecule has 0 saturated heterocycles. The normalized spacial score (nSPS) is 11.9. The summed E-state index contributed by atoms with van der Waals surface area (Å²) in [7, 11) is 0. The zero-order valence-electron chi connectivity index (χ0n) is 27.2. The van der Waals surface area contributed by atoms with Gasteiger partial charge in [0.1, 0.15) is 10.3 Å². The van der Waals surface area contributed by atoms with Crippen molar-refractivity contribution in [3.8, 4) is 33.9 Å². The number of aromatic nitrogens is 5. The Morgan fingerprint density at radius 2 is 0.941 bits per heavy atom. The van der Waals surface area contributed by atoms with Crippen molar-refractivity contribution in [2.45, 2.75) is 0 Å². The third kappa shape index (κ3) is 4.30. The Kier molecular flexibility index (Phi) is 6.05. The van der Waals surface area contributed by atoms with Gasteiger partial charge in [0.05, 0.1) is 44.4 Å². The highest BCUT2D eigenvalue weighted by Gasteiger charge is 2.17. The van der Waals surface area contributed by atoms with Crippen molar-refractivity contribution in [1.29, 1.82) is 0 Å². The molecule has 6 aromatic carbocycles. The van der Waals surface area contributed by atoms with Gasteiger partial charge in [-0.25, -0.2) is 9.97 Å². The number of thiophene rings is 1. The Bertz CT molecular complexity index is 2920. The highest BCUT2D eigenvalue weighted by atomic mass is 32.1. The topological polar surface area (TPSA) is 48.5 Å². The number of benzene rings is 6. The second-order valence-electron chi connectivity index (χ2n) is 12.9. The third-order valence-electron chi connectivity index (χ3n) is 10.0. The van der Waals surface area contributed by atoms with Crippen molar-refractivity contribution in [2.24, 2.45) is 0 Å². The molecule has 5 heterocycles. The first kappa shape index (κ1) is 28.2. The Morgan fingerprint density at radius 3 is 1.55 bits per heavy atom. The number of para-hydroxylation sites is 4. The smallest absolute Gasteiger partial charge is 0.143 e. The molecule has 0 unspecified atom stereocenters. The first-order chi connectivity index (χ1) is 25.3. The van der Waals surface area contributed by atoms with Gasteiger partial charge in [0, 0.05) is 55.6 Å². The number of fused-ring (bicyclic) bond motifs is 9. The van der Waals surface area contributed by atoms with E-state index in [1.807, 2.05) is 12.4 Å². The van der Waals surface area contributed by atoms with Crippen molar-refractivity contribution in [2.75, 3.05) is 0 Å². The molecule has 5 aromatic heterocycles. The Hall–Kier alpha value is -6.63. The van der Waals surface area contributed by atoms with Crippen molar-refractivity contribution in [1.82, 2.24) is 24.1 Å². The molecule has 0 radical (unpaired) electrons. The van der Waals surface area contributed by atoms with Crippen LogP contribution in [0.4, 0.5) is 0 Å². The van der Waals surface area contributed by atoms with Crippen LogP contribution in [0.25, 0.3) is 97.9 Å². The molecule has 0 amide bonds. The van der Waals surface area contributed by atoms with E-state index in [1.165, 1.54) is 43.6 Å². The van der Waals surface area contributed by atoms with Gasteiger partial charge in [0.25, 0.3) is 0 Å². The summed E-state index contributed by atoms with van der Waals surface area (Å²) in [5.41, 5.74) is 11.8. The van der Waals surface area contributed by atoms with Crippen LogP contribution in [-0.2, 0) is 0 Å². The summed E-state index contributed by atoms with van der Waals surface area (Å²) in [5.74, 6) is 0. The molecule has 0 atom stereocenters. The van der Waals surface area contributed by atoms with Crippen LogP contribution in [0.1, 0.15) is 0 Å². The monoisotopic (exact) mass is 669 g/mol. The van der Waals surface area contributed by atoms with E-state index in [0.717, 1.165) is 54.3 Å².